The first-order chi connectivity index (χ1) is 11.9. The van der Waals surface area contributed by atoms with E-state index < -0.39 is 18.5 Å². The van der Waals surface area contributed by atoms with Crippen LogP contribution >= 0.6 is 0 Å². The first kappa shape index (κ1) is 18.4. The molecule has 2 aromatic rings. The van der Waals surface area contributed by atoms with E-state index in [1.54, 1.807) is 25.1 Å². The lowest BCUT2D eigenvalue weighted by atomic mass is 10.1. The molecule has 2 N–H and O–H groups in total. The highest BCUT2D eigenvalue weighted by molar-refractivity contribution is 5.96. The van der Waals surface area contributed by atoms with Crippen molar-refractivity contribution in [1.82, 2.24) is 5.32 Å². The maximum atomic E-state index is 12.4. The molecule has 0 spiro atoms. The highest BCUT2D eigenvalue weighted by Gasteiger charge is 2.19. The molecule has 1 amide bonds. The summed E-state index contributed by atoms with van der Waals surface area (Å²) in [4.78, 5) is 23.1. The van der Waals surface area contributed by atoms with Gasteiger partial charge in [0.25, 0.3) is 5.91 Å². The number of para-hydroxylation sites is 1. The van der Waals surface area contributed by atoms with Crippen molar-refractivity contribution in [2.24, 2.45) is 0 Å². The molecule has 0 fully saturated rings. The molecule has 1 aromatic carbocycles. The van der Waals surface area contributed by atoms with E-state index in [2.05, 4.69) is 10.1 Å². The quantitative estimate of drug-likeness (QED) is 0.761. The van der Waals surface area contributed by atoms with Crippen molar-refractivity contribution in [3.05, 3.63) is 53.0 Å². The summed E-state index contributed by atoms with van der Waals surface area (Å²) in [5.74, 6) is -1.59. The third kappa shape index (κ3) is 4.79. The minimum atomic E-state index is -2.93. The number of aryl methyl sites for hydroxylation is 1. The van der Waals surface area contributed by atoms with Crippen LogP contribution in [0.1, 0.15) is 39.2 Å². The lowest BCUT2D eigenvalue weighted by molar-refractivity contribution is -0.0504. The fraction of sp³-hybridized carbons (Fsp3) is 0.294. The van der Waals surface area contributed by atoms with Crippen LogP contribution in [0.2, 0.25) is 0 Å². The summed E-state index contributed by atoms with van der Waals surface area (Å²) in [5, 5.41) is 11.6. The fourth-order valence-electron chi connectivity index (χ4n) is 2.30. The zero-order valence-electron chi connectivity index (χ0n) is 13.4. The molecule has 25 heavy (non-hydrogen) atoms. The Morgan fingerprint density at radius 1 is 1.32 bits per heavy atom. The van der Waals surface area contributed by atoms with Gasteiger partial charge < -0.3 is 19.6 Å². The number of alkyl halides is 2. The Kier molecular flexibility index (Phi) is 6.10. The Morgan fingerprint density at radius 3 is 2.64 bits per heavy atom. The standard InChI is InChI=1S/C17H17F2NO5/c1-2-12-11(16(22)23)9-14(24-12)15(21)20-8-7-10-5-3-4-6-13(10)25-17(18)19/h3-6,9,17H,2,7-8H2,1H3,(H,20,21)(H,22,23). The maximum Gasteiger partial charge on any atom is 0.387 e. The Balaban J connectivity index is 1.98. The number of rotatable bonds is 8. The number of hydrogen-bond acceptors (Lipinski definition) is 4. The van der Waals surface area contributed by atoms with Crippen LogP contribution in [-0.4, -0.2) is 30.1 Å². The summed E-state index contributed by atoms with van der Waals surface area (Å²) < 4.78 is 34.4. The first-order valence-corrected chi connectivity index (χ1v) is 7.59. The first-order valence-electron chi connectivity index (χ1n) is 7.59. The van der Waals surface area contributed by atoms with Crippen molar-refractivity contribution in [2.45, 2.75) is 26.4 Å². The largest absolute Gasteiger partial charge is 0.478 e. The predicted octanol–water partition coefficient (Wildman–Crippen LogP) is 3.11. The average Bonchev–Trinajstić information content (AvgIpc) is 3.00. The SMILES string of the molecule is CCc1oc(C(=O)NCCc2ccccc2OC(F)F)cc1C(=O)O. The van der Waals surface area contributed by atoms with E-state index in [9.17, 15) is 18.4 Å². The van der Waals surface area contributed by atoms with Crippen molar-refractivity contribution in [1.29, 1.82) is 0 Å². The van der Waals surface area contributed by atoms with Gasteiger partial charge in [0, 0.05) is 19.0 Å². The zero-order chi connectivity index (χ0) is 18.4. The summed E-state index contributed by atoms with van der Waals surface area (Å²) in [5.41, 5.74) is 0.464. The molecule has 0 bridgehead atoms. The second-order valence-corrected chi connectivity index (χ2v) is 5.10. The average molecular weight is 353 g/mol. The van der Waals surface area contributed by atoms with E-state index in [1.165, 1.54) is 12.1 Å². The number of carbonyl (C=O) groups excluding carboxylic acids is 1. The van der Waals surface area contributed by atoms with E-state index in [1.807, 2.05) is 0 Å². The summed E-state index contributed by atoms with van der Waals surface area (Å²) in [6.07, 6.45) is 0.606. The van der Waals surface area contributed by atoms with Gasteiger partial charge in [-0.15, -0.1) is 0 Å². The smallest absolute Gasteiger partial charge is 0.387 e. The number of ether oxygens (including phenoxy) is 1. The third-order valence-electron chi connectivity index (χ3n) is 3.45. The Labute approximate surface area is 142 Å². The topological polar surface area (TPSA) is 88.8 Å². The molecule has 0 unspecified atom stereocenters. The molecule has 0 aliphatic rings. The molecule has 8 heteroatoms. The highest BCUT2D eigenvalue weighted by atomic mass is 19.3. The molecule has 0 saturated heterocycles. The van der Waals surface area contributed by atoms with E-state index in [-0.39, 0.29) is 35.8 Å². The molecule has 0 aliphatic heterocycles. The van der Waals surface area contributed by atoms with Gasteiger partial charge in [0.1, 0.15) is 17.1 Å². The highest BCUT2D eigenvalue weighted by Crippen LogP contribution is 2.20. The number of halogens is 2. The fourth-order valence-corrected chi connectivity index (χ4v) is 2.30. The lowest BCUT2D eigenvalue weighted by Gasteiger charge is -2.10. The minimum absolute atomic E-state index is 0.0474. The number of furan rings is 1. The van der Waals surface area contributed by atoms with Gasteiger partial charge in [-0.05, 0) is 18.1 Å². The molecule has 1 heterocycles. The van der Waals surface area contributed by atoms with Gasteiger partial charge in [-0.25, -0.2) is 4.79 Å². The van der Waals surface area contributed by atoms with Crippen LogP contribution in [0.3, 0.4) is 0 Å². The Bertz CT molecular complexity index is 757. The number of amides is 1. The second kappa shape index (κ2) is 8.27. The third-order valence-corrected chi connectivity index (χ3v) is 3.45. The van der Waals surface area contributed by atoms with Crippen LogP contribution in [0.4, 0.5) is 8.78 Å². The molecule has 0 saturated carbocycles. The minimum Gasteiger partial charge on any atom is -0.478 e. The maximum absolute atomic E-state index is 12.4. The Hall–Kier alpha value is -2.90. The van der Waals surface area contributed by atoms with E-state index in [0.29, 0.717) is 12.0 Å². The van der Waals surface area contributed by atoms with Crippen LogP contribution in [0.5, 0.6) is 5.75 Å². The van der Waals surface area contributed by atoms with Gasteiger partial charge in [0.05, 0.1) is 0 Å². The number of benzene rings is 1. The summed E-state index contributed by atoms with van der Waals surface area (Å²) >= 11 is 0. The van der Waals surface area contributed by atoms with E-state index >= 15 is 0 Å². The van der Waals surface area contributed by atoms with Crippen molar-refractivity contribution >= 4 is 11.9 Å². The van der Waals surface area contributed by atoms with Crippen LogP contribution in [-0.2, 0) is 12.8 Å². The Morgan fingerprint density at radius 2 is 2.04 bits per heavy atom. The molecule has 0 atom stereocenters. The van der Waals surface area contributed by atoms with Crippen molar-refractivity contribution in [2.75, 3.05) is 6.54 Å². The molecule has 1 aromatic heterocycles. The number of carboxylic acid groups (broad SMARTS) is 1. The van der Waals surface area contributed by atoms with E-state index in [0.717, 1.165) is 0 Å². The number of nitrogens with one attached hydrogen (secondary N) is 1. The number of aromatic carboxylic acids is 1. The van der Waals surface area contributed by atoms with Gasteiger partial charge in [0.15, 0.2) is 5.76 Å². The van der Waals surface area contributed by atoms with Gasteiger partial charge in [0.2, 0.25) is 0 Å². The lowest BCUT2D eigenvalue weighted by Crippen LogP contribution is -2.25. The van der Waals surface area contributed by atoms with Crippen molar-refractivity contribution in [3.8, 4) is 5.75 Å². The molecule has 2 rings (SSSR count). The second-order valence-electron chi connectivity index (χ2n) is 5.10. The zero-order valence-corrected chi connectivity index (χ0v) is 13.4. The molecule has 0 radical (unpaired) electrons. The van der Waals surface area contributed by atoms with Crippen LogP contribution in [0.25, 0.3) is 0 Å². The van der Waals surface area contributed by atoms with Gasteiger partial charge in [-0.3, -0.25) is 4.79 Å². The molecule has 6 nitrogen and oxygen atoms in total. The summed E-state index contributed by atoms with van der Waals surface area (Å²) in [7, 11) is 0. The number of carbonyl (C=O) groups is 2. The molecule has 0 aliphatic carbocycles. The van der Waals surface area contributed by atoms with Crippen LogP contribution in [0.15, 0.2) is 34.7 Å². The molecular weight excluding hydrogens is 336 g/mol. The molecular formula is C17H17F2NO5. The number of hydrogen-bond donors (Lipinski definition) is 2. The van der Waals surface area contributed by atoms with Gasteiger partial charge in [-0.1, -0.05) is 25.1 Å². The monoisotopic (exact) mass is 353 g/mol. The summed E-state index contributed by atoms with van der Waals surface area (Å²) in [6, 6.07) is 7.46. The predicted molar refractivity (Wildman–Crippen MR) is 84.2 cm³/mol. The van der Waals surface area contributed by atoms with Crippen LogP contribution in [0, 0.1) is 0 Å². The number of carboxylic acids is 1. The summed E-state index contributed by atoms with van der Waals surface area (Å²) in [6.45, 7) is -1.07. The normalized spacial score (nSPS) is 10.7. The van der Waals surface area contributed by atoms with Crippen molar-refractivity contribution < 1.29 is 32.6 Å². The van der Waals surface area contributed by atoms with Crippen LogP contribution < -0.4 is 10.1 Å². The molecule has 134 valence electrons. The van der Waals surface area contributed by atoms with Gasteiger partial charge in [-0.2, -0.15) is 8.78 Å². The van der Waals surface area contributed by atoms with Gasteiger partial charge >= 0.3 is 12.6 Å². The van der Waals surface area contributed by atoms with Crippen molar-refractivity contribution in [3.63, 3.8) is 0 Å². The van der Waals surface area contributed by atoms with E-state index in [4.69, 9.17) is 9.52 Å².